The van der Waals surface area contributed by atoms with Crippen LogP contribution in [0.25, 0.3) is 5.69 Å². The van der Waals surface area contributed by atoms with Gasteiger partial charge in [-0.3, -0.25) is 0 Å². The summed E-state index contributed by atoms with van der Waals surface area (Å²) in [5.74, 6) is 0.858. The Morgan fingerprint density at radius 1 is 1.19 bits per heavy atom. The van der Waals surface area contributed by atoms with Crippen LogP contribution in [0.15, 0.2) is 24.3 Å². The number of likely N-dealkylation sites (N-methyl/N-ethyl adjacent to an activating group) is 1. The molecule has 26 heavy (non-hydrogen) atoms. The van der Waals surface area contributed by atoms with Crippen molar-refractivity contribution in [3.63, 3.8) is 0 Å². The molecule has 1 saturated heterocycles. The number of hydrogen-bond donors (Lipinski definition) is 1. The normalized spacial score (nSPS) is 15.8. The molecule has 1 aliphatic heterocycles. The minimum atomic E-state index is -0.237. The fourth-order valence-corrected chi connectivity index (χ4v) is 3.45. The first-order valence-electron chi connectivity index (χ1n) is 9.54. The molecule has 1 aliphatic rings. The summed E-state index contributed by atoms with van der Waals surface area (Å²) in [7, 11) is 0. The Balaban J connectivity index is 2.00. The van der Waals surface area contributed by atoms with E-state index in [0.717, 1.165) is 56.5 Å². The average Bonchev–Trinajstić information content (AvgIpc) is 2.96. The largest absolute Gasteiger partial charge is 0.354 e. The molecule has 5 nitrogen and oxygen atoms in total. The van der Waals surface area contributed by atoms with E-state index in [1.54, 1.807) is 12.1 Å². The van der Waals surface area contributed by atoms with Gasteiger partial charge in [-0.25, -0.2) is 9.07 Å². The second-order valence-corrected chi connectivity index (χ2v) is 7.24. The molecule has 2 aromatic rings. The lowest BCUT2D eigenvalue weighted by molar-refractivity contribution is 0.270. The zero-order valence-corrected chi connectivity index (χ0v) is 16.3. The summed E-state index contributed by atoms with van der Waals surface area (Å²) < 4.78 is 15.7. The second kappa shape index (κ2) is 8.18. The number of aromatic nitrogens is 2. The van der Waals surface area contributed by atoms with E-state index < -0.39 is 0 Å². The quantitative estimate of drug-likeness (QED) is 0.860. The molecule has 0 amide bonds. The molecule has 1 N–H and O–H groups in total. The van der Waals surface area contributed by atoms with E-state index in [-0.39, 0.29) is 5.82 Å². The highest BCUT2D eigenvalue weighted by Crippen LogP contribution is 2.28. The molecular formula is C20H30FN5. The topological polar surface area (TPSA) is 36.3 Å². The van der Waals surface area contributed by atoms with Crippen molar-refractivity contribution in [3.8, 4) is 5.69 Å². The summed E-state index contributed by atoms with van der Waals surface area (Å²) in [5.41, 5.74) is 2.97. The van der Waals surface area contributed by atoms with Crippen molar-refractivity contribution in [1.29, 1.82) is 0 Å². The van der Waals surface area contributed by atoms with Gasteiger partial charge in [0.1, 0.15) is 11.6 Å². The van der Waals surface area contributed by atoms with E-state index in [2.05, 4.69) is 35.9 Å². The Hall–Kier alpha value is -1.92. The lowest BCUT2D eigenvalue weighted by Gasteiger charge is -2.36. The minimum Gasteiger partial charge on any atom is -0.354 e. The molecule has 0 aliphatic carbocycles. The van der Waals surface area contributed by atoms with Crippen molar-refractivity contribution in [2.45, 2.75) is 40.3 Å². The van der Waals surface area contributed by atoms with Crippen LogP contribution in [0.4, 0.5) is 10.2 Å². The fourth-order valence-electron chi connectivity index (χ4n) is 3.45. The lowest BCUT2D eigenvalue weighted by atomic mass is 10.2. The van der Waals surface area contributed by atoms with Gasteiger partial charge in [0.05, 0.1) is 11.4 Å². The molecule has 2 heterocycles. The first kappa shape index (κ1) is 18.9. The summed E-state index contributed by atoms with van der Waals surface area (Å²) in [6.07, 6.45) is 0. The average molecular weight is 359 g/mol. The number of piperazine rings is 1. The number of halogens is 1. The van der Waals surface area contributed by atoms with Crippen LogP contribution < -0.4 is 10.2 Å². The van der Waals surface area contributed by atoms with E-state index in [4.69, 9.17) is 5.10 Å². The van der Waals surface area contributed by atoms with Gasteiger partial charge in [0, 0.05) is 44.3 Å². The third-order valence-corrected chi connectivity index (χ3v) is 5.02. The molecule has 0 atom stereocenters. The van der Waals surface area contributed by atoms with Crippen molar-refractivity contribution in [2.24, 2.45) is 0 Å². The van der Waals surface area contributed by atoms with Gasteiger partial charge in [-0.2, -0.15) is 5.10 Å². The molecule has 3 rings (SSSR count). The van der Waals surface area contributed by atoms with Crippen LogP contribution >= 0.6 is 0 Å². The number of benzene rings is 1. The molecule has 142 valence electrons. The van der Waals surface area contributed by atoms with Crippen LogP contribution in [0.3, 0.4) is 0 Å². The summed E-state index contributed by atoms with van der Waals surface area (Å²) in [6, 6.07) is 7.09. The Labute approximate surface area is 155 Å². The summed E-state index contributed by atoms with van der Waals surface area (Å²) in [6.45, 7) is 14.4. The lowest BCUT2D eigenvalue weighted by Crippen LogP contribution is -2.47. The molecule has 6 heteroatoms. The van der Waals surface area contributed by atoms with Gasteiger partial charge in [0.25, 0.3) is 0 Å². The second-order valence-electron chi connectivity index (χ2n) is 7.24. The maximum absolute atomic E-state index is 13.8. The third-order valence-electron chi connectivity index (χ3n) is 5.02. The SMILES string of the molecule is CCN1CCN(c2c(CNC(C)C)c(C)nn2-c2cccc(F)c2)CC1. The van der Waals surface area contributed by atoms with Gasteiger partial charge < -0.3 is 15.1 Å². The van der Waals surface area contributed by atoms with Crippen LogP contribution in [0.1, 0.15) is 32.0 Å². The number of nitrogens with one attached hydrogen (secondary N) is 1. The minimum absolute atomic E-state index is 0.237. The predicted octanol–water partition coefficient (Wildman–Crippen LogP) is 2.96. The van der Waals surface area contributed by atoms with Crippen LogP contribution in [0, 0.1) is 12.7 Å². The number of aryl methyl sites for hydroxylation is 1. The van der Waals surface area contributed by atoms with Crippen molar-refractivity contribution >= 4 is 5.82 Å². The maximum Gasteiger partial charge on any atom is 0.137 e. The van der Waals surface area contributed by atoms with Crippen LogP contribution in [0.2, 0.25) is 0 Å². The molecule has 0 saturated carbocycles. The number of rotatable bonds is 6. The zero-order valence-electron chi connectivity index (χ0n) is 16.3. The highest BCUT2D eigenvalue weighted by molar-refractivity contribution is 5.55. The van der Waals surface area contributed by atoms with Gasteiger partial charge in [-0.05, 0) is 31.7 Å². The monoisotopic (exact) mass is 359 g/mol. The van der Waals surface area contributed by atoms with E-state index in [1.165, 1.54) is 11.6 Å². The Kier molecular flexibility index (Phi) is 5.94. The Bertz CT molecular complexity index is 732. The van der Waals surface area contributed by atoms with Crippen molar-refractivity contribution in [2.75, 3.05) is 37.6 Å². The molecular weight excluding hydrogens is 329 g/mol. The van der Waals surface area contributed by atoms with Gasteiger partial charge in [0.15, 0.2) is 0 Å². The third kappa shape index (κ3) is 4.07. The van der Waals surface area contributed by atoms with E-state index in [0.29, 0.717) is 6.04 Å². The molecule has 1 aromatic heterocycles. The first-order valence-corrected chi connectivity index (χ1v) is 9.54. The van der Waals surface area contributed by atoms with Crippen LogP contribution in [-0.2, 0) is 6.54 Å². The van der Waals surface area contributed by atoms with Crippen LogP contribution in [-0.4, -0.2) is 53.4 Å². The molecule has 0 spiro atoms. The fraction of sp³-hybridized carbons (Fsp3) is 0.550. The predicted molar refractivity (Wildman–Crippen MR) is 105 cm³/mol. The number of anilines is 1. The molecule has 0 unspecified atom stereocenters. The number of nitrogens with zero attached hydrogens (tertiary/aromatic N) is 4. The van der Waals surface area contributed by atoms with Crippen molar-refractivity contribution in [1.82, 2.24) is 20.0 Å². The highest BCUT2D eigenvalue weighted by Gasteiger charge is 2.25. The smallest absolute Gasteiger partial charge is 0.137 e. The van der Waals surface area contributed by atoms with Gasteiger partial charge in [-0.1, -0.05) is 26.8 Å². The molecule has 1 aromatic carbocycles. The van der Waals surface area contributed by atoms with Gasteiger partial charge in [-0.15, -0.1) is 0 Å². The van der Waals surface area contributed by atoms with Gasteiger partial charge >= 0.3 is 0 Å². The van der Waals surface area contributed by atoms with Gasteiger partial charge in [0.2, 0.25) is 0 Å². The Morgan fingerprint density at radius 2 is 1.92 bits per heavy atom. The van der Waals surface area contributed by atoms with E-state index in [9.17, 15) is 4.39 Å². The first-order chi connectivity index (χ1) is 12.5. The molecule has 1 fully saturated rings. The Morgan fingerprint density at radius 3 is 2.54 bits per heavy atom. The molecule has 0 bridgehead atoms. The standard InChI is InChI=1S/C20H30FN5/c1-5-24-9-11-25(12-10-24)20-19(14-22-15(2)3)16(4)23-26(20)18-8-6-7-17(21)13-18/h6-8,13,15,22H,5,9-12,14H2,1-4H3. The highest BCUT2D eigenvalue weighted by atomic mass is 19.1. The van der Waals surface area contributed by atoms with Crippen molar-refractivity contribution < 1.29 is 4.39 Å². The number of hydrogen-bond acceptors (Lipinski definition) is 4. The maximum atomic E-state index is 13.8. The molecule has 0 radical (unpaired) electrons. The van der Waals surface area contributed by atoms with Crippen molar-refractivity contribution in [3.05, 3.63) is 41.3 Å². The van der Waals surface area contributed by atoms with E-state index >= 15 is 0 Å². The zero-order chi connectivity index (χ0) is 18.7. The summed E-state index contributed by atoms with van der Waals surface area (Å²) in [4.78, 5) is 4.85. The van der Waals surface area contributed by atoms with E-state index in [1.807, 2.05) is 17.7 Å². The van der Waals surface area contributed by atoms with Crippen LogP contribution in [0.5, 0.6) is 0 Å². The summed E-state index contributed by atoms with van der Waals surface area (Å²) >= 11 is 0. The summed E-state index contributed by atoms with van der Waals surface area (Å²) in [5, 5.41) is 8.28.